The highest BCUT2D eigenvalue weighted by Gasteiger charge is 2.10. The molecule has 0 radical (unpaired) electrons. The number of hydrazine groups is 1. The van der Waals surface area contributed by atoms with E-state index in [1.165, 1.54) is 23.1 Å². The molecule has 2 rings (SSSR count). The second-order valence-electron chi connectivity index (χ2n) is 4.69. The molecule has 2 amide bonds. The van der Waals surface area contributed by atoms with Crippen LogP contribution in [0.1, 0.15) is 16.1 Å². The molecule has 132 valence electrons. The average Bonchev–Trinajstić information content (AvgIpc) is 3.14. The first-order chi connectivity index (χ1) is 12.0. The van der Waals surface area contributed by atoms with Crippen molar-refractivity contribution in [2.75, 3.05) is 12.4 Å². The van der Waals surface area contributed by atoms with Gasteiger partial charge in [-0.1, -0.05) is 17.7 Å². The van der Waals surface area contributed by atoms with Gasteiger partial charge in [-0.3, -0.25) is 25.2 Å². The number of hydrogen-bond donors (Lipinski definition) is 2. The first-order valence-corrected chi connectivity index (χ1v) is 9.45. The summed E-state index contributed by atoms with van der Waals surface area (Å²) in [6.07, 6.45) is 0.169. The summed E-state index contributed by atoms with van der Waals surface area (Å²) in [7, 11) is 0. The number of ether oxygens (including phenoxy) is 1. The molecule has 2 N–H and O–H groups in total. The van der Waals surface area contributed by atoms with E-state index in [1.807, 2.05) is 12.1 Å². The summed E-state index contributed by atoms with van der Waals surface area (Å²) in [5, 5.41) is 2.40. The molecular weight excluding hydrogens is 384 g/mol. The number of thiophene rings is 1. The maximum Gasteiger partial charge on any atom is 0.307 e. The number of thioether (sulfide) groups is 1. The summed E-state index contributed by atoms with van der Waals surface area (Å²) in [4.78, 5) is 36.2. The molecule has 1 aromatic heterocycles. The van der Waals surface area contributed by atoms with Crippen LogP contribution in [0.15, 0.2) is 46.7 Å². The van der Waals surface area contributed by atoms with Gasteiger partial charge in [-0.05, 0) is 35.7 Å². The fourth-order valence-electron chi connectivity index (χ4n) is 1.63. The van der Waals surface area contributed by atoms with E-state index in [2.05, 4.69) is 10.9 Å². The van der Waals surface area contributed by atoms with Gasteiger partial charge in [0.25, 0.3) is 11.8 Å². The number of nitrogens with one attached hydrogen (secondary N) is 2. The number of esters is 1. The zero-order chi connectivity index (χ0) is 18.1. The van der Waals surface area contributed by atoms with Crippen molar-refractivity contribution in [3.05, 3.63) is 51.7 Å². The van der Waals surface area contributed by atoms with Gasteiger partial charge < -0.3 is 4.74 Å². The molecule has 0 unspecified atom stereocenters. The van der Waals surface area contributed by atoms with E-state index in [0.29, 0.717) is 15.7 Å². The Bertz CT molecular complexity index is 720. The van der Waals surface area contributed by atoms with Crippen molar-refractivity contribution < 1.29 is 19.1 Å². The van der Waals surface area contributed by atoms with Gasteiger partial charge in [0.1, 0.15) is 0 Å². The third-order valence-corrected chi connectivity index (χ3v) is 4.95. The van der Waals surface area contributed by atoms with Gasteiger partial charge in [0.05, 0.1) is 11.3 Å². The van der Waals surface area contributed by atoms with Gasteiger partial charge in [0.2, 0.25) is 0 Å². The quantitative estimate of drug-likeness (QED) is 0.425. The Hall–Kier alpha value is -2.03. The van der Waals surface area contributed by atoms with Crippen LogP contribution in [0.4, 0.5) is 0 Å². The summed E-state index contributed by atoms with van der Waals surface area (Å²) in [5.41, 5.74) is 4.43. The average molecular weight is 399 g/mol. The van der Waals surface area contributed by atoms with Gasteiger partial charge >= 0.3 is 5.97 Å². The van der Waals surface area contributed by atoms with Crippen molar-refractivity contribution in [2.24, 2.45) is 0 Å². The highest BCUT2D eigenvalue weighted by molar-refractivity contribution is 7.99. The molecule has 0 saturated heterocycles. The topological polar surface area (TPSA) is 84.5 Å². The summed E-state index contributed by atoms with van der Waals surface area (Å²) in [6, 6.07) is 10.6. The van der Waals surface area contributed by atoms with Gasteiger partial charge in [-0.2, -0.15) is 0 Å². The maximum atomic E-state index is 11.6. The van der Waals surface area contributed by atoms with Crippen molar-refractivity contribution in [3.8, 4) is 0 Å². The lowest BCUT2D eigenvalue weighted by molar-refractivity contribution is -0.148. The Labute approximate surface area is 157 Å². The van der Waals surface area contributed by atoms with Crippen LogP contribution in [0.2, 0.25) is 5.02 Å². The summed E-state index contributed by atoms with van der Waals surface area (Å²) < 4.78 is 4.85. The molecule has 1 heterocycles. The Morgan fingerprint density at radius 3 is 2.56 bits per heavy atom. The fraction of sp³-hybridized carbons (Fsp3) is 0.188. The molecule has 0 aliphatic rings. The Morgan fingerprint density at radius 1 is 1.12 bits per heavy atom. The highest BCUT2D eigenvalue weighted by Crippen LogP contribution is 2.20. The predicted octanol–water partition coefficient (Wildman–Crippen LogP) is 2.89. The first-order valence-electron chi connectivity index (χ1n) is 7.21. The standard InChI is InChI=1S/C16H15ClN2O4S2/c17-11-3-5-12(6-4-11)24-9-7-15(21)23-10-14(20)18-19-16(22)13-2-1-8-25-13/h1-6,8H,7,9-10H2,(H,18,20)(H,19,22). The lowest BCUT2D eigenvalue weighted by atomic mass is 10.4. The zero-order valence-electron chi connectivity index (χ0n) is 13.0. The summed E-state index contributed by atoms with van der Waals surface area (Å²) in [6.45, 7) is -0.449. The second kappa shape index (κ2) is 10.1. The van der Waals surface area contributed by atoms with E-state index >= 15 is 0 Å². The minimum absolute atomic E-state index is 0.169. The molecule has 0 aliphatic heterocycles. The van der Waals surface area contributed by atoms with E-state index in [9.17, 15) is 14.4 Å². The van der Waals surface area contributed by atoms with E-state index in [0.717, 1.165) is 4.90 Å². The van der Waals surface area contributed by atoms with Crippen LogP contribution in [-0.2, 0) is 14.3 Å². The lowest BCUT2D eigenvalue weighted by Gasteiger charge is -2.07. The smallest absolute Gasteiger partial charge is 0.307 e. The molecule has 0 atom stereocenters. The van der Waals surface area contributed by atoms with Crippen molar-refractivity contribution in [1.82, 2.24) is 10.9 Å². The van der Waals surface area contributed by atoms with Crippen LogP contribution in [0, 0.1) is 0 Å². The van der Waals surface area contributed by atoms with Crippen molar-refractivity contribution >= 4 is 52.5 Å². The van der Waals surface area contributed by atoms with Gasteiger partial charge in [-0.25, -0.2) is 0 Å². The van der Waals surface area contributed by atoms with Crippen molar-refractivity contribution in [2.45, 2.75) is 11.3 Å². The third-order valence-electron chi connectivity index (χ3n) is 2.81. The zero-order valence-corrected chi connectivity index (χ0v) is 15.4. The third kappa shape index (κ3) is 7.16. The number of benzene rings is 1. The van der Waals surface area contributed by atoms with Gasteiger partial charge in [-0.15, -0.1) is 23.1 Å². The molecule has 0 bridgehead atoms. The van der Waals surface area contributed by atoms with Crippen molar-refractivity contribution in [3.63, 3.8) is 0 Å². The van der Waals surface area contributed by atoms with E-state index in [-0.39, 0.29) is 6.42 Å². The van der Waals surface area contributed by atoms with E-state index < -0.39 is 24.4 Å². The number of carbonyl (C=O) groups is 3. The number of hydrogen-bond acceptors (Lipinski definition) is 6. The van der Waals surface area contributed by atoms with Crippen molar-refractivity contribution in [1.29, 1.82) is 0 Å². The number of amides is 2. The fourth-order valence-corrected chi connectivity index (χ4v) is 3.21. The molecule has 2 aromatic rings. The minimum atomic E-state index is -0.608. The van der Waals surface area contributed by atoms with Crippen LogP contribution in [0.3, 0.4) is 0 Å². The first kappa shape index (κ1) is 19.3. The molecule has 25 heavy (non-hydrogen) atoms. The normalized spacial score (nSPS) is 10.1. The highest BCUT2D eigenvalue weighted by atomic mass is 35.5. The predicted molar refractivity (Wildman–Crippen MR) is 97.7 cm³/mol. The second-order valence-corrected chi connectivity index (χ2v) is 7.25. The van der Waals surface area contributed by atoms with Crippen LogP contribution in [-0.4, -0.2) is 30.1 Å². The molecule has 6 nitrogen and oxygen atoms in total. The van der Waals surface area contributed by atoms with Crippen LogP contribution in [0.5, 0.6) is 0 Å². The molecule has 0 spiro atoms. The summed E-state index contributed by atoms with van der Waals surface area (Å²) >= 11 is 8.53. The molecule has 0 aliphatic carbocycles. The van der Waals surface area contributed by atoms with Crippen LogP contribution < -0.4 is 10.9 Å². The monoisotopic (exact) mass is 398 g/mol. The van der Waals surface area contributed by atoms with E-state index in [4.69, 9.17) is 16.3 Å². The van der Waals surface area contributed by atoms with Crippen LogP contribution >= 0.6 is 34.7 Å². The van der Waals surface area contributed by atoms with E-state index in [1.54, 1.807) is 29.6 Å². The maximum absolute atomic E-state index is 11.6. The molecule has 9 heteroatoms. The van der Waals surface area contributed by atoms with Gasteiger partial charge in [0.15, 0.2) is 6.61 Å². The Kier molecular flexibility index (Phi) is 7.77. The number of rotatable bonds is 7. The molecular formula is C16H15ClN2O4S2. The number of carbonyl (C=O) groups excluding carboxylic acids is 3. The Morgan fingerprint density at radius 2 is 1.88 bits per heavy atom. The Balaban J connectivity index is 1.58. The molecule has 0 fully saturated rings. The van der Waals surface area contributed by atoms with Gasteiger partial charge in [0, 0.05) is 15.7 Å². The molecule has 1 aromatic carbocycles. The molecule has 0 saturated carbocycles. The number of halogens is 1. The SMILES string of the molecule is O=C(COC(=O)CCSc1ccc(Cl)cc1)NNC(=O)c1cccs1. The van der Waals surface area contributed by atoms with Crippen LogP contribution in [0.25, 0.3) is 0 Å². The minimum Gasteiger partial charge on any atom is -0.455 e. The lowest BCUT2D eigenvalue weighted by Crippen LogP contribution is -2.43. The largest absolute Gasteiger partial charge is 0.455 e. The summed E-state index contributed by atoms with van der Waals surface area (Å²) in [5.74, 6) is -0.990.